The van der Waals surface area contributed by atoms with Crippen LogP contribution in [0.1, 0.15) is 11.1 Å². The summed E-state index contributed by atoms with van der Waals surface area (Å²) in [5.74, 6) is 1.12. The van der Waals surface area contributed by atoms with Crippen LogP contribution in [-0.4, -0.2) is 13.2 Å². The van der Waals surface area contributed by atoms with Crippen LogP contribution in [0.25, 0.3) is 0 Å². The number of rotatable bonds is 5. The van der Waals surface area contributed by atoms with E-state index >= 15 is 0 Å². The molecule has 0 atom stereocenters. The van der Waals surface area contributed by atoms with E-state index in [0.29, 0.717) is 17.4 Å². The number of ether oxygens (including phenoxy) is 2. The van der Waals surface area contributed by atoms with E-state index in [-0.39, 0.29) is 17.7 Å². The third-order valence-corrected chi connectivity index (χ3v) is 2.96. The molecule has 0 aromatic heterocycles. The van der Waals surface area contributed by atoms with Crippen molar-refractivity contribution in [1.82, 2.24) is 0 Å². The molecule has 5 heteroatoms. The largest absolute Gasteiger partial charge is 0.490 e. The Morgan fingerprint density at radius 2 is 1.52 bits per heavy atom. The van der Waals surface area contributed by atoms with Crippen molar-refractivity contribution in [3.05, 3.63) is 58.6 Å². The van der Waals surface area contributed by atoms with Crippen LogP contribution in [0.3, 0.4) is 0 Å². The van der Waals surface area contributed by atoms with Crippen LogP contribution in [0, 0.1) is 22.7 Å². The van der Waals surface area contributed by atoms with E-state index in [1.807, 2.05) is 42.5 Å². The topological polar surface area (TPSA) is 66.0 Å². The van der Waals surface area contributed by atoms with Gasteiger partial charge in [-0.1, -0.05) is 29.8 Å². The highest BCUT2D eigenvalue weighted by molar-refractivity contribution is 6.32. The minimum Gasteiger partial charge on any atom is -0.490 e. The van der Waals surface area contributed by atoms with Gasteiger partial charge in [-0.2, -0.15) is 10.5 Å². The Bertz CT molecular complexity index is 703. The lowest BCUT2D eigenvalue weighted by Crippen LogP contribution is -2.09. The Morgan fingerprint density at radius 3 is 2.19 bits per heavy atom. The summed E-state index contributed by atoms with van der Waals surface area (Å²) >= 11 is 6.01. The van der Waals surface area contributed by atoms with E-state index in [0.717, 1.165) is 5.75 Å². The van der Waals surface area contributed by atoms with Gasteiger partial charge in [-0.3, -0.25) is 0 Å². The van der Waals surface area contributed by atoms with E-state index in [4.69, 9.17) is 31.6 Å². The van der Waals surface area contributed by atoms with Crippen molar-refractivity contribution in [2.45, 2.75) is 0 Å². The molecule has 2 aromatic carbocycles. The number of hydrogen-bond donors (Lipinski definition) is 0. The Morgan fingerprint density at radius 1 is 0.905 bits per heavy atom. The zero-order valence-corrected chi connectivity index (χ0v) is 11.8. The minimum atomic E-state index is 0.232. The zero-order valence-electron chi connectivity index (χ0n) is 11.0. The molecular weight excluding hydrogens is 288 g/mol. The van der Waals surface area contributed by atoms with Crippen molar-refractivity contribution in [3.8, 4) is 23.6 Å². The molecule has 0 unspecified atom stereocenters. The summed E-state index contributed by atoms with van der Waals surface area (Å²) in [4.78, 5) is 0. The van der Waals surface area contributed by atoms with Gasteiger partial charge >= 0.3 is 0 Å². The average molecular weight is 299 g/mol. The number of para-hydroxylation sites is 1. The first-order valence-electron chi connectivity index (χ1n) is 6.19. The van der Waals surface area contributed by atoms with Gasteiger partial charge in [-0.15, -0.1) is 0 Å². The molecule has 0 aliphatic heterocycles. The first-order valence-corrected chi connectivity index (χ1v) is 6.57. The normalized spacial score (nSPS) is 9.48. The monoisotopic (exact) mass is 298 g/mol. The molecule has 0 bridgehead atoms. The lowest BCUT2D eigenvalue weighted by molar-refractivity contribution is 0.217. The Kier molecular flexibility index (Phi) is 5.04. The van der Waals surface area contributed by atoms with E-state index in [1.165, 1.54) is 12.1 Å². The molecule has 0 N–H and O–H groups in total. The van der Waals surface area contributed by atoms with Crippen LogP contribution >= 0.6 is 11.6 Å². The van der Waals surface area contributed by atoms with Crippen LogP contribution in [0.2, 0.25) is 5.02 Å². The predicted molar refractivity (Wildman–Crippen MR) is 78.3 cm³/mol. The predicted octanol–water partition coefficient (Wildman–Crippen LogP) is 3.54. The Hall–Kier alpha value is -2.69. The molecule has 2 aromatic rings. The highest BCUT2D eigenvalue weighted by Crippen LogP contribution is 2.28. The molecular formula is C16H11ClN2O2. The molecule has 0 amide bonds. The van der Waals surface area contributed by atoms with E-state index in [2.05, 4.69) is 0 Å². The highest BCUT2D eigenvalue weighted by Gasteiger charge is 2.09. The van der Waals surface area contributed by atoms with Crippen LogP contribution in [-0.2, 0) is 0 Å². The summed E-state index contributed by atoms with van der Waals surface area (Å²) in [6.45, 7) is 0.633. The van der Waals surface area contributed by atoms with E-state index < -0.39 is 0 Å². The van der Waals surface area contributed by atoms with Crippen molar-refractivity contribution >= 4 is 11.6 Å². The van der Waals surface area contributed by atoms with E-state index in [9.17, 15) is 0 Å². The average Bonchev–Trinajstić information content (AvgIpc) is 2.53. The smallest absolute Gasteiger partial charge is 0.139 e. The number of benzene rings is 2. The van der Waals surface area contributed by atoms with Crippen molar-refractivity contribution < 1.29 is 9.47 Å². The summed E-state index contributed by atoms with van der Waals surface area (Å²) in [5.41, 5.74) is 0.469. The first-order chi connectivity index (χ1) is 10.2. The molecule has 0 heterocycles. The molecule has 0 saturated carbocycles. The Balaban J connectivity index is 1.95. The lowest BCUT2D eigenvalue weighted by atomic mass is 10.1. The van der Waals surface area contributed by atoms with Crippen LogP contribution in [0.15, 0.2) is 42.5 Å². The molecule has 21 heavy (non-hydrogen) atoms. The molecule has 4 nitrogen and oxygen atoms in total. The second-order valence-electron chi connectivity index (χ2n) is 4.06. The lowest BCUT2D eigenvalue weighted by Gasteiger charge is -2.10. The second kappa shape index (κ2) is 7.19. The van der Waals surface area contributed by atoms with Gasteiger partial charge in [0.25, 0.3) is 0 Å². The van der Waals surface area contributed by atoms with Gasteiger partial charge in [0, 0.05) is 6.07 Å². The van der Waals surface area contributed by atoms with Crippen LogP contribution in [0.4, 0.5) is 0 Å². The molecule has 0 aliphatic carbocycles. The molecule has 0 fully saturated rings. The summed E-state index contributed by atoms with van der Waals surface area (Å²) in [7, 11) is 0. The first kappa shape index (κ1) is 14.7. The summed E-state index contributed by atoms with van der Waals surface area (Å²) in [5, 5.41) is 18.1. The quantitative estimate of drug-likeness (QED) is 0.792. The fourth-order valence-electron chi connectivity index (χ4n) is 1.68. The van der Waals surface area contributed by atoms with Gasteiger partial charge in [0.15, 0.2) is 0 Å². The minimum absolute atomic E-state index is 0.232. The van der Waals surface area contributed by atoms with Gasteiger partial charge < -0.3 is 9.47 Å². The molecule has 0 saturated heterocycles. The van der Waals surface area contributed by atoms with Crippen molar-refractivity contribution in [2.75, 3.05) is 13.2 Å². The maximum atomic E-state index is 8.96. The summed E-state index contributed by atoms with van der Waals surface area (Å²) < 4.78 is 11.0. The fraction of sp³-hybridized carbons (Fsp3) is 0.125. The van der Waals surface area contributed by atoms with Crippen molar-refractivity contribution in [3.63, 3.8) is 0 Å². The SMILES string of the molecule is N#Cc1cc(Cl)c(OCCOc2ccccc2)cc1C#N. The van der Waals surface area contributed by atoms with Gasteiger partial charge in [-0.25, -0.2) is 0 Å². The molecule has 0 spiro atoms. The van der Waals surface area contributed by atoms with Gasteiger partial charge in [-0.05, 0) is 18.2 Å². The molecule has 0 aliphatic rings. The van der Waals surface area contributed by atoms with Crippen molar-refractivity contribution in [2.24, 2.45) is 0 Å². The van der Waals surface area contributed by atoms with Gasteiger partial charge in [0.1, 0.15) is 36.9 Å². The standard InChI is InChI=1S/C16H11ClN2O2/c17-15-8-12(10-18)13(11-19)9-16(15)21-7-6-20-14-4-2-1-3-5-14/h1-5,8-9H,6-7H2. The third kappa shape index (κ3) is 3.89. The van der Waals surface area contributed by atoms with Gasteiger partial charge in [0.05, 0.1) is 16.1 Å². The highest BCUT2D eigenvalue weighted by atomic mass is 35.5. The van der Waals surface area contributed by atoms with E-state index in [1.54, 1.807) is 0 Å². The van der Waals surface area contributed by atoms with Crippen LogP contribution in [0.5, 0.6) is 11.5 Å². The number of hydrogen-bond acceptors (Lipinski definition) is 4. The molecule has 104 valence electrons. The van der Waals surface area contributed by atoms with Crippen molar-refractivity contribution in [1.29, 1.82) is 10.5 Å². The number of halogens is 1. The van der Waals surface area contributed by atoms with Crippen LogP contribution < -0.4 is 9.47 Å². The van der Waals surface area contributed by atoms with Gasteiger partial charge in [0.2, 0.25) is 0 Å². The summed E-state index contributed by atoms with van der Waals surface area (Å²) in [6, 6.07) is 16.1. The maximum absolute atomic E-state index is 8.96. The number of nitrogens with zero attached hydrogens (tertiary/aromatic N) is 2. The molecule has 2 rings (SSSR count). The zero-order chi connectivity index (χ0) is 15.1. The Labute approximate surface area is 127 Å². The maximum Gasteiger partial charge on any atom is 0.139 e. The fourth-order valence-corrected chi connectivity index (χ4v) is 1.90. The molecule has 0 radical (unpaired) electrons. The second-order valence-corrected chi connectivity index (χ2v) is 4.47. The third-order valence-electron chi connectivity index (χ3n) is 2.67. The summed E-state index contributed by atoms with van der Waals surface area (Å²) in [6.07, 6.45) is 0. The number of nitriles is 2.